The van der Waals surface area contributed by atoms with Crippen LogP contribution in [0.1, 0.15) is 124 Å². The van der Waals surface area contributed by atoms with E-state index >= 15 is 0 Å². The van der Waals surface area contributed by atoms with Crippen LogP contribution in [0.2, 0.25) is 0 Å². The van der Waals surface area contributed by atoms with Gasteiger partial charge < -0.3 is 57.4 Å². The number of hydrogen-bond acceptors (Lipinski definition) is 16. The highest BCUT2D eigenvalue weighted by molar-refractivity contribution is 6.25. The molecular formula is C50H85N3O15. The average molecular weight is 968 g/mol. The number of carbonyl (C=O) groups is 4. The maximum absolute atomic E-state index is 13.2. The van der Waals surface area contributed by atoms with Gasteiger partial charge in [-0.2, -0.15) is 0 Å². The number of rotatable bonds is 49. The Balaban J connectivity index is 0.934. The highest BCUT2D eigenvalue weighted by atomic mass is 16.6. The SMILES string of the molecule is CCCCCCCCCCCCCCCOCCOCCOCCOCCOCCOCCOCCOCCOCCOCCOCCNc1cccc2c1C(=O)N(C1CCC(=O)NC1=O)C2=O. The Hall–Kier alpha value is -3.14. The predicted octanol–water partition coefficient (Wildman–Crippen LogP) is 5.77. The van der Waals surface area contributed by atoms with E-state index in [1.165, 1.54) is 77.0 Å². The molecule has 3 rings (SSSR count). The van der Waals surface area contributed by atoms with Crippen LogP contribution in [-0.4, -0.2) is 186 Å². The third-order valence-corrected chi connectivity index (χ3v) is 11.1. The van der Waals surface area contributed by atoms with Crippen molar-refractivity contribution in [3.05, 3.63) is 29.3 Å². The maximum Gasteiger partial charge on any atom is 0.264 e. The van der Waals surface area contributed by atoms with Crippen LogP contribution in [0, 0.1) is 0 Å². The summed E-state index contributed by atoms with van der Waals surface area (Å²) in [5, 5.41) is 5.34. The molecule has 1 unspecified atom stereocenters. The lowest BCUT2D eigenvalue weighted by Gasteiger charge is -2.27. The molecule has 2 heterocycles. The Labute approximate surface area is 405 Å². The first-order valence-electron chi connectivity index (χ1n) is 25.5. The Bertz CT molecular complexity index is 1460. The van der Waals surface area contributed by atoms with Gasteiger partial charge in [-0.05, 0) is 25.0 Å². The van der Waals surface area contributed by atoms with Gasteiger partial charge in [0.2, 0.25) is 11.8 Å². The van der Waals surface area contributed by atoms with Gasteiger partial charge in [-0.15, -0.1) is 0 Å². The second-order valence-corrected chi connectivity index (χ2v) is 16.6. The van der Waals surface area contributed by atoms with Crippen molar-refractivity contribution in [1.29, 1.82) is 0 Å². The van der Waals surface area contributed by atoms with Gasteiger partial charge in [-0.1, -0.05) is 90.0 Å². The fourth-order valence-electron chi connectivity index (χ4n) is 7.44. The van der Waals surface area contributed by atoms with Crippen molar-refractivity contribution in [2.24, 2.45) is 0 Å². The first-order valence-corrected chi connectivity index (χ1v) is 25.5. The first-order chi connectivity index (χ1) is 33.5. The number of anilines is 1. The van der Waals surface area contributed by atoms with Crippen molar-refractivity contribution < 1.29 is 71.3 Å². The lowest BCUT2D eigenvalue weighted by Crippen LogP contribution is -2.54. The summed E-state index contributed by atoms with van der Waals surface area (Å²) in [6, 6.07) is 3.91. The Morgan fingerprint density at radius 2 is 0.838 bits per heavy atom. The van der Waals surface area contributed by atoms with Gasteiger partial charge in [0.15, 0.2) is 0 Å². The number of hydrogen-bond donors (Lipinski definition) is 2. The molecule has 0 saturated carbocycles. The monoisotopic (exact) mass is 968 g/mol. The molecule has 68 heavy (non-hydrogen) atoms. The Morgan fingerprint density at radius 3 is 1.24 bits per heavy atom. The molecule has 18 nitrogen and oxygen atoms in total. The summed E-state index contributed by atoms with van der Waals surface area (Å²) in [5.74, 6) is -2.16. The minimum atomic E-state index is -1.01. The fraction of sp³-hybridized carbons (Fsp3) is 0.800. The molecule has 2 N–H and O–H groups in total. The summed E-state index contributed by atoms with van der Waals surface area (Å²) in [7, 11) is 0. The number of fused-ring (bicyclic) bond motifs is 1. The third kappa shape index (κ3) is 27.9. The van der Waals surface area contributed by atoms with E-state index in [-0.39, 0.29) is 24.0 Å². The second-order valence-electron chi connectivity index (χ2n) is 16.6. The van der Waals surface area contributed by atoms with Gasteiger partial charge in [0.05, 0.1) is 150 Å². The van der Waals surface area contributed by atoms with E-state index < -0.39 is 29.7 Å². The van der Waals surface area contributed by atoms with Gasteiger partial charge in [-0.3, -0.25) is 29.4 Å². The molecule has 1 aromatic carbocycles. The van der Waals surface area contributed by atoms with E-state index in [4.69, 9.17) is 52.1 Å². The molecule has 0 aliphatic carbocycles. The van der Waals surface area contributed by atoms with Gasteiger partial charge in [0.1, 0.15) is 6.04 Å². The second kappa shape index (κ2) is 41.6. The molecule has 2 aliphatic heterocycles. The number of carbonyl (C=O) groups excluding carboxylic acids is 4. The predicted molar refractivity (Wildman–Crippen MR) is 256 cm³/mol. The molecule has 390 valence electrons. The van der Waals surface area contributed by atoms with Gasteiger partial charge in [0, 0.05) is 25.3 Å². The number of nitrogens with one attached hydrogen (secondary N) is 2. The van der Waals surface area contributed by atoms with Crippen LogP contribution in [0.3, 0.4) is 0 Å². The van der Waals surface area contributed by atoms with Crippen molar-refractivity contribution in [3.63, 3.8) is 0 Å². The van der Waals surface area contributed by atoms with Crippen molar-refractivity contribution in [2.75, 3.05) is 157 Å². The van der Waals surface area contributed by atoms with Gasteiger partial charge in [0.25, 0.3) is 11.8 Å². The summed E-state index contributed by atoms with van der Waals surface area (Å²) in [6.45, 7) is 13.6. The molecule has 18 heteroatoms. The topological polar surface area (TPSA) is 197 Å². The third-order valence-electron chi connectivity index (χ3n) is 11.1. The zero-order valence-electron chi connectivity index (χ0n) is 41.3. The largest absolute Gasteiger partial charge is 0.382 e. The average Bonchev–Trinajstić information content (AvgIpc) is 3.59. The van der Waals surface area contributed by atoms with E-state index in [1.807, 2.05) is 0 Å². The minimum Gasteiger partial charge on any atom is -0.382 e. The fourth-order valence-corrected chi connectivity index (χ4v) is 7.44. The molecule has 1 atom stereocenters. The quantitative estimate of drug-likeness (QED) is 0.0589. The van der Waals surface area contributed by atoms with Gasteiger partial charge in [-0.25, -0.2) is 0 Å². The van der Waals surface area contributed by atoms with Crippen molar-refractivity contribution in [2.45, 2.75) is 109 Å². The van der Waals surface area contributed by atoms with E-state index in [2.05, 4.69) is 17.6 Å². The summed E-state index contributed by atoms with van der Waals surface area (Å²) in [6.07, 6.45) is 17.8. The summed E-state index contributed by atoms with van der Waals surface area (Å²) in [5.41, 5.74) is 0.911. The lowest BCUT2D eigenvalue weighted by molar-refractivity contribution is -0.136. The zero-order valence-corrected chi connectivity index (χ0v) is 41.3. The smallest absolute Gasteiger partial charge is 0.264 e. The molecule has 2 aliphatic rings. The van der Waals surface area contributed by atoms with Crippen LogP contribution in [0.25, 0.3) is 0 Å². The lowest BCUT2D eigenvalue weighted by atomic mass is 10.0. The molecular weight excluding hydrogens is 883 g/mol. The summed E-state index contributed by atoms with van der Waals surface area (Å²) < 4.78 is 61.1. The van der Waals surface area contributed by atoms with E-state index in [1.54, 1.807) is 18.2 Å². The molecule has 0 bridgehead atoms. The number of imide groups is 2. The Morgan fingerprint density at radius 1 is 0.471 bits per heavy atom. The number of unbranched alkanes of at least 4 members (excludes halogenated alkanes) is 12. The van der Waals surface area contributed by atoms with Crippen molar-refractivity contribution >= 4 is 29.3 Å². The molecule has 0 aromatic heterocycles. The molecule has 1 saturated heterocycles. The molecule has 0 spiro atoms. The highest BCUT2D eigenvalue weighted by Crippen LogP contribution is 2.32. The Kier molecular flexibility index (Phi) is 36.2. The zero-order chi connectivity index (χ0) is 48.4. The van der Waals surface area contributed by atoms with E-state index in [9.17, 15) is 19.2 Å². The summed E-state index contributed by atoms with van der Waals surface area (Å²) in [4.78, 5) is 51.0. The molecule has 1 fully saturated rings. The first kappa shape index (κ1) is 59.2. The van der Waals surface area contributed by atoms with Crippen LogP contribution >= 0.6 is 0 Å². The number of amides is 4. The minimum absolute atomic E-state index is 0.0659. The maximum atomic E-state index is 13.2. The van der Waals surface area contributed by atoms with E-state index in [0.717, 1.165) is 17.9 Å². The molecule has 4 amide bonds. The van der Waals surface area contributed by atoms with E-state index in [0.29, 0.717) is 151 Å². The highest BCUT2D eigenvalue weighted by Gasteiger charge is 2.45. The summed E-state index contributed by atoms with van der Waals surface area (Å²) >= 11 is 0. The molecule has 1 aromatic rings. The normalized spacial score (nSPS) is 14.9. The van der Waals surface area contributed by atoms with Crippen LogP contribution in [0.15, 0.2) is 18.2 Å². The van der Waals surface area contributed by atoms with Crippen molar-refractivity contribution in [1.82, 2.24) is 10.2 Å². The van der Waals surface area contributed by atoms with Crippen molar-refractivity contribution in [3.8, 4) is 0 Å². The molecule has 0 radical (unpaired) electrons. The van der Waals surface area contributed by atoms with Crippen LogP contribution in [0.5, 0.6) is 0 Å². The van der Waals surface area contributed by atoms with Crippen LogP contribution in [0.4, 0.5) is 5.69 Å². The standard InChI is InChI=1S/C50H85N3O15/c1-2-3-4-5-6-7-8-9-10-11-12-13-14-21-58-23-25-60-27-29-62-31-33-64-35-37-66-39-41-68-42-40-67-38-36-65-34-32-63-30-28-61-26-24-59-22-20-51-44-17-15-16-43-47(44)50(57)53(49(43)56)45-18-19-46(54)52-48(45)55/h15-17,45,51H,2-14,18-42H2,1H3,(H,52,54,55). The number of piperidine rings is 1. The van der Waals surface area contributed by atoms with Gasteiger partial charge >= 0.3 is 0 Å². The number of benzene rings is 1. The van der Waals surface area contributed by atoms with Crippen LogP contribution < -0.4 is 10.6 Å². The number of nitrogens with zero attached hydrogens (tertiary/aromatic N) is 1. The van der Waals surface area contributed by atoms with Crippen LogP contribution in [-0.2, 0) is 61.7 Å². The number of ether oxygens (including phenoxy) is 11.